The highest BCUT2D eigenvalue weighted by Gasteiger charge is 2.24. The second kappa shape index (κ2) is 13.0. The zero-order valence-corrected chi connectivity index (χ0v) is 25.3. The number of rotatable bonds is 13. The maximum absolute atomic E-state index is 13.9. The van der Waals surface area contributed by atoms with Gasteiger partial charge in [0.2, 0.25) is 5.69 Å². The van der Waals surface area contributed by atoms with Gasteiger partial charge in [0.25, 0.3) is 0 Å². The molecule has 2 heterocycles. The molecule has 0 fully saturated rings. The van der Waals surface area contributed by atoms with E-state index in [0.717, 1.165) is 28.1 Å². The van der Waals surface area contributed by atoms with Gasteiger partial charge in [0.1, 0.15) is 24.4 Å². The van der Waals surface area contributed by atoms with Crippen molar-refractivity contribution in [1.82, 2.24) is 19.7 Å². The minimum Gasteiger partial charge on any atom is -0.507 e. The summed E-state index contributed by atoms with van der Waals surface area (Å²) in [6.45, 7) is 17.7. The van der Waals surface area contributed by atoms with Crippen LogP contribution in [0.15, 0.2) is 36.4 Å². The van der Waals surface area contributed by atoms with Crippen LogP contribution in [0, 0.1) is 19.3 Å². The Kier molecular flexibility index (Phi) is 9.63. The van der Waals surface area contributed by atoms with Crippen LogP contribution in [0.2, 0.25) is 25.7 Å². The molecule has 0 aliphatic rings. The standard InChI is InChI=1S/C29H35ClFN5O3Si/c1-19-16-20(31)8-9-21(19)27(39-13-7-12-30)29-33-28(34-35-29)25-17-22-24(11-10-23(32-2)26(22)37-3)36(25)18-38-14-15-40(4,5)6/h8-11,16-17,27H,7,12-15,18H2,1,3-6H3,(H,33,34,35). The summed E-state index contributed by atoms with van der Waals surface area (Å²) in [6, 6.07) is 11.2. The molecular weight excluding hydrogens is 549 g/mol. The predicted molar refractivity (Wildman–Crippen MR) is 159 cm³/mol. The van der Waals surface area contributed by atoms with Gasteiger partial charge < -0.3 is 18.8 Å². The normalized spacial score (nSPS) is 12.6. The number of aromatic amines is 1. The van der Waals surface area contributed by atoms with Crippen molar-refractivity contribution in [2.75, 3.05) is 26.2 Å². The molecule has 0 aliphatic heterocycles. The molecule has 1 unspecified atom stereocenters. The highest BCUT2D eigenvalue weighted by Crippen LogP contribution is 2.39. The van der Waals surface area contributed by atoms with Crippen molar-refractivity contribution in [2.45, 2.75) is 51.9 Å². The van der Waals surface area contributed by atoms with Crippen molar-refractivity contribution >= 4 is 36.3 Å². The molecule has 1 atom stereocenters. The molecule has 11 heteroatoms. The highest BCUT2D eigenvalue weighted by molar-refractivity contribution is 6.76. The third-order valence-corrected chi connectivity index (χ3v) is 8.58. The summed E-state index contributed by atoms with van der Waals surface area (Å²) in [7, 11) is 0.295. The fourth-order valence-electron chi connectivity index (χ4n) is 4.47. The van der Waals surface area contributed by atoms with E-state index in [0.29, 0.717) is 61.0 Å². The monoisotopic (exact) mass is 583 g/mol. The second-order valence-corrected chi connectivity index (χ2v) is 16.8. The number of hydrogen-bond donors (Lipinski definition) is 1. The number of fused-ring (bicyclic) bond motifs is 1. The van der Waals surface area contributed by atoms with E-state index in [9.17, 15) is 4.39 Å². The van der Waals surface area contributed by atoms with Crippen molar-refractivity contribution in [3.8, 4) is 17.3 Å². The number of aromatic nitrogens is 4. The number of alkyl halides is 1. The quantitative estimate of drug-likeness (QED) is 0.0764. The fourth-order valence-corrected chi connectivity index (χ4v) is 5.33. The van der Waals surface area contributed by atoms with E-state index in [1.165, 1.54) is 12.1 Å². The summed E-state index contributed by atoms with van der Waals surface area (Å²) >= 11 is 5.89. The first-order valence-electron chi connectivity index (χ1n) is 13.2. The van der Waals surface area contributed by atoms with Crippen LogP contribution in [-0.2, 0) is 16.2 Å². The highest BCUT2D eigenvalue weighted by atomic mass is 35.5. The molecule has 212 valence electrons. The Labute approximate surface area is 240 Å². The molecule has 4 rings (SSSR count). The largest absolute Gasteiger partial charge is 0.507 e. The van der Waals surface area contributed by atoms with Crippen molar-refractivity contribution in [3.63, 3.8) is 0 Å². The summed E-state index contributed by atoms with van der Waals surface area (Å²) in [5.74, 6) is 1.57. The number of nitrogens with zero attached hydrogens (tertiary/aromatic N) is 4. The van der Waals surface area contributed by atoms with E-state index >= 15 is 0 Å². The topological polar surface area (TPSA) is 78.5 Å². The first-order valence-corrected chi connectivity index (χ1v) is 17.4. The zero-order chi connectivity index (χ0) is 28.9. The Morgan fingerprint density at radius 2 is 1.98 bits per heavy atom. The van der Waals surface area contributed by atoms with Gasteiger partial charge in [-0.2, -0.15) is 5.10 Å². The first-order chi connectivity index (χ1) is 19.2. The summed E-state index contributed by atoms with van der Waals surface area (Å²) in [4.78, 5) is 8.45. The molecule has 0 saturated heterocycles. The van der Waals surface area contributed by atoms with Gasteiger partial charge in [-0.05, 0) is 54.8 Å². The van der Waals surface area contributed by atoms with Crippen LogP contribution in [0.3, 0.4) is 0 Å². The van der Waals surface area contributed by atoms with E-state index < -0.39 is 14.2 Å². The first kappa shape index (κ1) is 29.7. The maximum Gasteiger partial charge on any atom is 0.228 e. The van der Waals surface area contributed by atoms with Gasteiger partial charge >= 0.3 is 0 Å². The van der Waals surface area contributed by atoms with Crippen LogP contribution < -0.4 is 4.74 Å². The van der Waals surface area contributed by atoms with Crippen LogP contribution >= 0.6 is 11.6 Å². The van der Waals surface area contributed by atoms with E-state index in [1.807, 2.05) is 23.6 Å². The summed E-state index contributed by atoms with van der Waals surface area (Å²) in [5, 5.41) is 8.36. The SMILES string of the molecule is [C-]#[N+]c1ccc2c(cc(-c3n[nH]c(C(OCCCCl)c4ccc(F)cc4C)n3)n2COCC[Si](C)(C)C)c1OC. The Morgan fingerprint density at radius 1 is 1.18 bits per heavy atom. The lowest BCUT2D eigenvalue weighted by atomic mass is 10.0. The van der Waals surface area contributed by atoms with Crippen molar-refractivity contribution < 1.29 is 18.6 Å². The average Bonchev–Trinajstić information content (AvgIpc) is 3.53. The predicted octanol–water partition coefficient (Wildman–Crippen LogP) is 7.48. The fraction of sp³-hybridized carbons (Fsp3) is 0.414. The number of ether oxygens (including phenoxy) is 3. The van der Waals surface area contributed by atoms with E-state index in [2.05, 4.69) is 34.7 Å². The molecule has 0 bridgehead atoms. The third kappa shape index (κ3) is 6.73. The lowest BCUT2D eigenvalue weighted by Crippen LogP contribution is -2.22. The van der Waals surface area contributed by atoms with Crippen LogP contribution in [0.4, 0.5) is 10.1 Å². The molecule has 8 nitrogen and oxygen atoms in total. The Balaban J connectivity index is 1.76. The van der Waals surface area contributed by atoms with E-state index in [1.54, 1.807) is 19.2 Å². The molecule has 0 spiro atoms. The van der Waals surface area contributed by atoms with Crippen LogP contribution in [0.5, 0.6) is 5.75 Å². The minimum absolute atomic E-state index is 0.292. The van der Waals surface area contributed by atoms with Gasteiger partial charge in [0, 0.05) is 32.6 Å². The van der Waals surface area contributed by atoms with E-state index in [-0.39, 0.29) is 5.82 Å². The van der Waals surface area contributed by atoms with Crippen LogP contribution in [-0.4, -0.2) is 54.0 Å². The Morgan fingerprint density at radius 3 is 2.65 bits per heavy atom. The molecule has 40 heavy (non-hydrogen) atoms. The smallest absolute Gasteiger partial charge is 0.228 e. The number of methoxy groups -OCH3 is 1. The van der Waals surface area contributed by atoms with Crippen LogP contribution in [0.1, 0.15) is 29.5 Å². The van der Waals surface area contributed by atoms with Gasteiger partial charge in [0.15, 0.2) is 11.6 Å². The molecular formula is C29H35ClFN5O3Si. The molecule has 2 aromatic carbocycles. The van der Waals surface area contributed by atoms with E-state index in [4.69, 9.17) is 37.4 Å². The molecule has 0 aliphatic carbocycles. The van der Waals surface area contributed by atoms with Crippen molar-refractivity contribution in [3.05, 3.63) is 70.6 Å². The molecule has 2 aromatic heterocycles. The molecule has 0 radical (unpaired) electrons. The Bertz CT molecular complexity index is 1510. The average molecular weight is 584 g/mol. The van der Waals surface area contributed by atoms with Crippen molar-refractivity contribution in [1.29, 1.82) is 0 Å². The van der Waals surface area contributed by atoms with Gasteiger partial charge in [-0.25, -0.2) is 14.2 Å². The number of aryl methyl sites for hydroxylation is 1. The summed E-state index contributed by atoms with van der Waals surface area (Å²) < 4.78 is 33.8. The number of H-pyrrole nitrogens is 1. The second-order valence-electron chi connectivity index (χ2n) is 10.8. The number of nitrogens with one attached hydrogen (secondary N) is 1. The molecule has 0 amide bonds. The number of hydrogen-bond acceptors (Lipinski definition) is 5. The zero-order valence-electron chi connectivity index (χ0n) is 23.6. The van der Waals surface area contributed by atoms with Gasteiger partial charge in [-0.15, -0.1) is 11.6 Å². The molecule has 0 saturated carbocycles. The summed E-state index contributed by atoms with van der Waals surface area (Å²) in [5.41, 5.74) is 3.52. The lowest BCUT2D eigenvalue weighted by Gasteiger charge is -2.18. The lowest BCUT2D eigenvalue weighted by molar-refractivity contribution is 0.0749. The van der Waals surface area contributed by atoms with Gasteiger partial charge in [-0.1, -0.05) is 31.8 Å². The van der Waals surface area contributed by atoms with Gasteiger partial charge in [0.05, 0.1) is 24.9 Å². The molecule has 1 N–H and O–H groups in total. The van der Waals surface area contributed by atoms with Gasteiger partial charge in [-0.3, -0.25) is 5.10 Å². The Hall–Kier alpha value is -3.23. The minimum atomic E-state index is -1.26. The number of benzene rings is 2. The third-order valence-electron chi connectivity index (χ3n) is 6.61. The van der Waals surface area contributed by atoms with Crippen LogP contribution in [0.25, 0.3) is 27.3 Å². The maximum atomic E-state index is 13.9. The summed E-state index contributed by atoms with van der Waals surface area (Å²) in [6.07, 6.45) is 0.0741. The van der Waals surface area contributed by atoms with Crippen molar-refractivity contribution in [2.24, 2.45) is 0 Å². The number of halogens is 2. The molecule has 4 aromatic rings.